The molecule has 19 heavy (non-hydrogen) atoms. The summed E-state index contributed by atoms with van der Waals surface area (Å²) in [7, 11) is 3.17. The minimum absolute atomic E-state index is 0.0787. The van der Waals surface area contributed by atoms with Crippen molar-refractivity contribution in [1.82, 2.24) is 4.98 Å². The topological polar surface area (TPSA) is 51.3 Å². The summed E-state index contributed by atoms with van der Waals surface area (Å²) in [6.07, 6.45) is 1.68. The molecule has 0 bridgehead atoms. The summed E-state index contributed by atoms with van der Waals surface area (Å²) < 4.78 is 10.6. The first kappa shape index (κ1) is 13.5. The minimum atomic E-state index is -0.0787. The quantitative estimate of drug-likeness (QED) is 0.920. The van der Waals surface area contributed by atoms with Crippen molar-refractivity contribution in [3.8, 4) is 11.5 Å². The summed E-state index contributed by atoms with van der Waals surface area (Å²) in [5, 5.41) is 1.59. The average Bonchev–Trinajstić information content (AvgIpc) is 2.45. The van der Waals surface area contributed by atoms with Crippen LogP contribution in [-0.2, 0) is 12.8 Å². The second-order valence-electron chi connectivity index (χ2n) is 4.37. The molecule has 0 radical (unpaired) electrons. The number of ether oxygens (including phenoxy) is 2. The van der Waals surface area contributed by atoms with Gasteiger partial charge in [0.15, 0.2) is 11.5 Å². The number of methoxy groups -OCH3 is 2. The third-order valence-electron chi connectivity index (χ3n) is 3.43. The van der Waals surface area contributed by atoms with Gasteiger partial charge in [-0.15, -0.1) is 0 Å². The van der Waals surface area contributed by atoms with Crippen LogP contribution in [0.3, 0.4) is 0 Å². The normalized spacial score (nSPS) is 10.7. The standard InChI is InChI=1S/C15H19NO3/c1-5-9-10-7-13(18-3)14(19-4)8-11(10)15(17)16-12(9)6-2/h7-8H,5-6H2,1-4H3,(H,16,17). The Balaban J connectivity index is 2.90. The summed E-state index contributed by atoms with van der Waals surface area (Å²) in [6, 6.07) is 3.63. The molecule has 4 heteroatoms. The highest BCUT2D eigenvalue weighted by molar-refractivity contribution is 5.88. The van der Waals surface area contributed by atoms with Crippen LogP contribution in [0.4, 0.5) is 0 Å². The highest BCUT2D eigenvalue weighted by Crippen LogP contribution is 2.33. The lowest BCUT2D eigenvalue weighted by molar-refractivity contribution is 0.356. The highest BCUT2D eigenvalue weighted by atomic mass is 16.5. The van der Waals surface area contributed by atoms with Crippen LogP contribution < -0.4 is 15.0 Å². The van der Waals surface area contributed by atoms with Crippen LogP contribution in [0.5, 0.6) is 11.5 Å². The van der Waals surface area contributed by atoms with Crippen molar-refractivity contribution in [1.29, 1.82) is 0 Å². The van der Waals surface area contributed by atoms with E-state index in [9.17, 15) is 4.79 Å². The number of nitrogens with one attached hydrogen (secondary N) is 1. The van der Waals surface area contributed by atoms with Crippen molar-refractivity contribution in [2.75, 3.05) is 14.2 Å². The fraction of sp³-hybridized carbons (Fsp3) is 0.400. The van der Waals surface area contributed by atoms with Gasteiger partial charge < -0.3 is 14.5 Å². The van der Waals surface area contributed by atoms with E-state index in [4.69, 9.17) is 9.47 Å². The molecular weight excluding hydrogens is 242 g/mol. The van der Waals surface area contributed by atoms with E-state index in [1.165, 1.54) is 0 Å². The van der Waals surface area contributed by atoms with E-state index in [1.54, 1.807) is 20.3 Å². The predicted octanol–water partition coefficient (Wildman–Crippen LogP) is 2.67. The molecule has 2 rings (SSSR count). The molecule has 0 saturated carbocycles. The number of hydrogen-bond acceptors (Lipinski definition) is 3. The van der Waals surface area contributed by atoms with E-state index in [1.807, 2.05) is 13.0 Å². The highest BCUT2D eigenvalue weighted by Gasteiger charge is 2.13. The summed E-state index contributed by atoms with van der Waals surface area (Å²) in [5.41, 5.74) is 2.08. The molecule has 0 aliphatic rings. The number of pyridine rings is 1. The van der Waals surface area contributed by atoms with Gasteiger partial charge in [-0.05, 0) is 35.9 Å². The minimum Gasteiger partial charge on any atom is -0.493 e. The van der Waals surface area contributed by atoms with E-state index in [-0.39, 0.29) is 5.56 Å². The van der Waals surface area contributed by atoms with Crippen LogP contribution in [0.1, 0.15) is 25.1 Å². The lowest BCUT2D eigenvalue weighted by atomic mass is 10.0. The molecule has 0 fully saturated rings. The van der Waals surface area contributed by atoms with Crippen LogP contribution in [0.2, 0.25) is 0 Å². The molecule has 4 nitrogen and oxygen atoms in total. The third-order valence-corrected chi connectivity index (χ3v) is 3.43. The largest absolute Gasteiger partial charge is 0.493 e. The van der Waals surface area contributed by atoms with E-state index < -0.39 is 0 Å². The zero-order valence-electron chi connectivity index (χ0n) is 11.8. The number of aromatic amines is 1. The molecule has 0 amide bonds. The van der Waals surface area contributed by atoms with E-state index in [2.05, 4.69) is 11.9 Å². The number of hydrogen-bond donors (Lipinski definition) is 1. The average molecular weight is 261 g/mol. The van der Waals surface area contributed by atoms with Crippen molar-refractivity contribution < 1.29 is 9.47 Å². The van der Waals surface area contributed by atoms with Crippen molar-refractivity contribution in [2.45, 2.75) is 26.7 Å². The molecular formula is C15H19NO3. The third kappa shape index (κ3) is 2.18. The Hall–Kier alpha value is -1.97. The first-order valence-corrected chi connectivity index (χ1v) is 6.45. The zero-order valence-corrected chi connectivity index (χ0v) is 11.8. The molecule has 1 aromatic heterocycles. The van der Waals surface area contributed by atoms with Gasteiger partial charge in [0.1, 0.15) is 0 Å². The Bertz CT molecular complexity index is 658. The molecule has 0 unspecified atom stereocenters. The lowest BCUT2D eigenvalue weighted by Crippen LogP contribution is -2.12. The second-order valence-corrected chi connectivity index (χ2v) is 4.37. The van der Waals surface area contributed by atoms with Gasteiger partial charge in [0.25, 0.3) is 5.56 Å². The van der Waals surface area contributed by atoms with Crippen LogP contribution in [0.15, 0.2) is 16.9 Å². The van der Waals surface area contributed by atoms with Crippen LogP contribution in [0, 0.1) is 0 Å². The van der Waals surface area contributed by atoms with Crippen molar-refractivity contribution in [3.63, 3.8) is 0 Å². The number of fused-ring (bicyclic) bond motifs is 1. The monoisotopic (exact) mass is 261 g/mol. The molecule has 2 aromatic rings. The van der Waals surface area contributed by atoms with Crippen LogP contribution in [-0.4, -0.2) is 19.2 Å². The molecule has 1 heterocycles. The summed E-state index contributed by atoms with van der Waals surface area (Å²) in [4.78, 5) is 15.1. The maximum absolute atomic E-state index is 12.1. The van der Waals surface area contributed by atoms with E-state index in [0.717, 1.165) is 29.5 Å². The summed E-state index contributed by atoms with van der Waals surface area (Å²) in [6.45, 7) is 4.12. The Labute approximate surface area is 112 Å². The van der Waals surface area contributed by atoms with Crippen molar-refractivity contribution in [2.24, 2.45) is 0 Å². The second kappa shape index (κ2) is 5.34. The zero-order chi connectivity index (χ0) is 14.0. The maximum Gasteiger partial charge on any atom is 0.256 e. The fourth-order valence-corrected chi connectivity index (χ4v) is 2.46. The summed E-state index contributed by atoms with van der Waals surface area (Å²) in [5.74, 6) is 1.23. The van der Waals surface area contributed by atoms with Gasteiger partial charge in [0.2, 0.25) is 0 Å². The first-order chi connectivity index (χ1) is 9.15. The number of rotatable bonds is 4. The number of aryl methyl sites for hydroxylation is 2. The molecule has 0 aliphatic carbocycles. The van der Waals surface area contributed by atoms with Gasteiger partial charge in [-0.2, -0.15) is 0 Å². The predicted molar refractivity (Wildman–Crippen MR) is 76.4 cm³/mol. The van der Waals surface area contributed by atoms with Crippen LogP contribution in [0.25, 0.3) is 10.8 Å². The molecule has 1 aromatic carbocycles. The molecule has 102 valence electrons. The molecule has 0 spiro atoms. The van der Waals surface area contributed by atoms with Gasteiger partial charge >= 0.3 is 0 Å². The number of benzene rings is 1. The van der Waals surface area contributed by atoms with Gasteiger partial charge in [-0.1, -0.05) is 13.8 Å². The SMILES string of the molecule is CCc1[nH]c(=O)c2cc(OC)c(OC)cc2c1CC. The van der Waals surface area contributed by atoms with Crippen LogP contribution >= 0.6 is 0 Å². The molecule has 0 saturated heterocycles. The summed E-state index contributed by atoms with van der Waals surface area (Å²) >= 11 is 0. The smallest absolute Gasteiger partial charge is 0.256 e. The first-order valence-electron chi connectivity index (χ1n) is 6.45. The molecule has 1 N–H and O–H groups in total. The lowest BCUT2D eigenvalue weighted by Gasteiger charge is -2.13. The number of H-pyrrole nitrogens is 1. The van der Waals surface area contributed by atoms with E-state index in [0.29, 0.717) is 16.9 Å². The van der Waals surface area contributed by atoms with E-state index >= 15 is 0 Å². The Kier molecular flexibility index (Phi) is 3.79. The number of aromatic nitrogens is 1. The van der Waals surface area contributed by atoms with Gasteiger partial charge in [0.05, 0.1) is 19.6 Å². The Morgan fingerprint density at radius 1 is 1.00 bits per heavy atom. The van der Waals surface area contributed by atoms with Gasteiger partial charge in [0, 0.05) is 5.69 Å². The Morgan fingerprint density at radius 2 is 1.58 bits per heavy atom. The Morgan fingerprint density at radius 3 is 2.05 bits per heavy atom. The molecule has 0 atom stereocenters. The maximum atomic E-state index is 12.1. The fourth-order valence-electron chi connectivity index (χ4n) is 2.46. The molecule has 0 aliphatic heterocycles. The van der Waals surface area contributed by atoms with Gasteiger partial charge in [-0.25, -0.2) is 0 Å². The van der Waals surface area contributed by atoms with Crippen molar-refractivity contribution >= 4 is 10.8 Å². The van der Waals surface area contributed by atoms with Gasteiger partial charge in [-0.3, -0.25) is 4.79 Å². The van der Waals surface area contributed by atoms with Crippen molar-refractivity contribution in [3.05, 3.63) is 33.7 Å².